The molecule has 0 spiro atoms. The number of ether oxygens (including phenoxy) is 1. The highest BCUT2D eigenvalue weighted by atomic mass is 16.6. The Hall–Kier alpha value is -2.40. The van der Waals surface area contributed by atoms with Gasteiger partial charge in [0.15, 0.2) is 0 Å². The standard InChI is InChI=1S/C23H31N3O2/c1-16-9-8-12-24-21(16)17(2)25-14-20-13-18-10-6-7-11-19(18)15-26(20)22(27)28-23(3,4)5/h6-12,17,20,25H,13-15H2,1-5H3/t17-,20+/m0/s1. The Morgan fingerprint density at radius 3 is 2.64 bits per heavy atom. The largest absolute Gasteiger partial charge is 0.444 e. The van der Waals surface area contributed by atoms with E-state index in [-0.39, 0.29) is 18.2 Å². The van der Waals surface area contributed by atoms with Gasteiger partial charge in [-0.25, -0.2) is 4.79 Å². The van der Waals surface area contributed by atoms with Crippen molar-refractivity contribution in [2.75, 3.05) is 6.54 Å². The van der Waals surface area contributed by atoms with Crippen molar-refractivity contribution >= 4 is 6.09 Å². The van der Waals surface area contributed by atoms with E-state index in [4.69, 9.17) is 4.74 Å². The molecule has 0 bridgehead atoms. The second kappa shape index (κ2) is 8.31. The van der Waals surface area contributed by atoms with Gasteiger partial charge >= 0.3 is 6.09 Å². The minimum atomic E-state index is -0.510. The maximum atomic E-state index is 12.9. The van der Waals surface area contributed by atoms with E-state index >= 15 is 0 Å². The van der Waals surface area contributed by atoms with E-state index in [9.17, 15) is 4.79 Å². The summed E-state index contributed by atoms with van der Waals surface area (Å²) in [7, 11) is 0. The van der Waals surface area contributed by atoms with E-state index in [1.165, 1.54) is 16.7 Å². The molecule has 1 aliphatic heterocycles. The summed E-state index contributed by atoms with van der Waals surface area (Å²) >= 11 is 0. The van der Waals surface area contributed by atoms with Crippen LogP contribution in [0.3, 0.4) is 0 Å². The number of aromatic nitrogens is 1. The van der Waals surface area contributed by atoms with Crippen molar-refractivity contribution < 1.29 is 9.53 Å². The minimum Gasteiger partial charge on any atom is -0.444 e. The van der Waals surface area contributed by atoms with Crippen LogP contribution in [0.25, 0.3) is 0 Å². The van der Waals surface area contributed by atoms with Gasteiger partial charge in [-0.15, -0.1) is 0 Å². The molecule has 1 aromatic heterocycles. The lowest BCUT2D eigenvalue weighted by molar-refractivity contribution is 0.0117. The predicted octanol–water partition coefficient (Wildman–Crippen LogP) is 4.40. The van der Waals surface area contributed by atoms with Gasteiger partial charge in [0.1, 0.15) is 5.60 Å². The van der Waals surface area contributed by atoms with Crippen LogP contribution >= 0.6 is 0 Å². The van der Waals surface area contributed by atoms with Gasteiger partial charge in [-0.1, -0.05) is 30.3 Å². The second-order valence-electron chi connectivity index (χ2n) is 8.57. The number of fused-ring (bicyclic) bond motifs is 1. The number of nitrogens with zero attached hydrogens (tertiary/aromatic N) is 2. The van der Waals surface area contributed by atoms with Crippen molar-refractivity contribution in [3.05, 3.63) is 65.0 Å². The minimum absolute atomic E-state index is 0.0382. The van der Waals surface area contributed by atoms with Crippen LogP contribution in [0.4, 0.5) is 4.79 Å². The summed E-state index contributed by atoms with van der Waals surface area (Å²) in [4.78, 5) is 19.2. The summed E-state index contributed by atoms with van der Waals surface area (Å²) in [6.45, 7) is 11.2. The molecule has 5 nitrogen and oxygen atoms in total. The molecule has 0 radical (unpaired) electrons. The maximum absolute atomic E-state index is 12.9. The predicted molar refractivity (Wildman–Crippen MR) is 111 cm³/mol. The number of aryl methyl sites for hydroxylation is 1. The Morgan fingerprint density at radius 2 is 1.96 bits per heavy atom. The van der Waals surface area contributed by atoms with E-state index in [2.05, 4.69) is 48.4 Å². The first-order valence-corrected chi connectivity index (χ1v) is 9.96. The van der Waals surface area contributed by atoms with E-state index in [0.29, 0.717) is 13.1 Å². The van der Waals surface area contributed by atoms with Crippen molar-refractivity contribution in [3.8, 4) is 0 Å². The molecule has 2 atom stereocenters. The molecule has 2 heterocycles. The molecular weight excluding hydrogens is 350 g/mol. The van der Waals surface area contributed by atoms with Crippen molar-refractivity contribution in [3.63, 3.8) is 0 Å². The van der Waals surface area contributed by atoms with E-state index < -0.39 is 5.60 Å². The molecular formula is C23H31N3O2. The van der Waals surface area contributed by atoms with Crippen LogP contribution in [-0.4, -0.2) is 34.2 Å². The summed E-state index contributed by atoms with van der Waals surface area (Å²) in [5, 5.41) is 3.58. The van der Waals surface area contributed by atoms with Crippen molar-refractivity contribution in [2.45, 2.75) is 65.3 Å². The maximum Gasteiger partial charge on any atom is 0.410 e. The Labute approximate surface area is 168 Å². The average molecular weight is 382 g/mol. The highest BCUT2D eigenvalue weighted by molar-refractivity contribution is 5.69. The van der Waals surface area contributed by atoms with E-state index in [1.807, 2.05) is 44.0 Å². The molecule has 1 aromatic carbocycles. The summed E-state index contributed by atoms with van der Waals surface area (Å²) in [5.74, 6) is 0. The first-order chi connectivity index (χ1) is 13.2. The van der Waals surface area contributed by atoms with Gasteiger partial charge in [0.25, 0.3) is 0 Å². The first-order valence-electron chi connectivity index (χ1n) is 9.96. The topological polar surface area (TPSA) is 54.5 Å². The lowest BCUT2D eigenvalue weighted by Gasteiger charge is -2.38. The van der Waals surface area contributed by atoms with Crippen LogP contribution in [0.2, 0.25) is 0 Å². The monoisotopic (exact) mass is 381 g/mol. The second-order valence-corrected chi connectivity index (χ2v) is 8.57. The third-order valence-corrected chi connectivity index (χ3v) is 5.10. The van der Waals surface area contributed by atoms with Crippen molar-refractivity contribution in [2.24, 2.45) is 0 Å². The molecule has 150 valence electrons. The lowest BCUT2D eigenvalue weighted by Crippen LogP contribution is -2.50. The first kappa shape index (κ1) is 20.3. The zero-order valence-corrected chi connectivity index (χ0v) is 17.5. The number of pyridine rings is 1. The lowest BCUT2D eigenvalue weighted by atomic mass is 9.94. The van der Waals surface area contributed by atoms with E-state index in [0.717, 1.165) is 12.1 Å². The molecule has 0 aliphatic carbocycles. The van der Waals surface area contributed by atoms with Gasteiger partial charge in [-0.2, -0.15) is 0 Å². The zero-order chi connectivity index (χ0) is 20.3. The van der Waals surface area contributed by atoms with Crippen LogP contribution in [-0.2, 0) is 17.7 Å². The van der Waals surface area contributed by atoms with Gasteiger partial charge in [-0.05, 0) is 63.8 Å². The molecule has 5 heteroatoms. The summed E-state index contributed by atoms with van der Waals surface area (Å²) in [6, 6.07) is 12.5. The molecule has 0 saturated carbocycles. The number of hydrogen-bond donors (Lipinski definition) is 1. The summed E-state index contributed by atoms with van der Waals surface area (Å²) in [6.07, 6.45) is 2.39. The van der Waals surface area contributed by atoms with Crippen LogP contribution in [0.1, 0.15) is 56.1 Å². The number of hydrogen-bond acceptors (Lipinski definition) is 4. The SMILES string of the molecule is Cc1cccnc1[C@H](C)NC[C@H]1Cc2ccccc2CN1C(=O)OC(C)(C)C. The molecule has 0 saturated heterocycles. The number of amides is 1. The van der Waals surface area contributed by atoms with Gasteiger partial charge in [0.05, 0.1) is 11.7 Å². The van der Waals surface area contributed by atoms with Crippen molar-refractivity contribution in [1.82, 2.24) is 15.2 Å². The van der Waals surface area contributed by atoms with Crippen LogP contribution in [0.5, 0.6) is 0 Å². The molecule has 0 fully saturated rings. The van der Waals surface area contributed by atoms with Gasteiger partial charge in [-0.3, -0.25) is 9.88 Å². The average Bonchev–Trinajstić information content (AvgIpc) is 2.64. The third kappa shape index (κ3) is 4.90. The number of nitrogens with one attached hydrogen (secondary N) is 1. The van der Waals surface area contributed by atoms with Crippen molar-refractivity contribution in [1.29, 1.82) is 0 Å². The Morgan fingerprint density at radius 1 is 1.25 bits per heavy atom. The molecule has 2 aromatic rings. The quantitative estimate of drug-likeness (QED) is 0.853. The Kier molecular flexibility index (Phi) is 6.04. The van der Waals surface area contributed by atoms with Crippen LogP contribution in [0.15, 0.2) is 42.6 Å². The van der Waals surface area contributed by atoms with E-state index in [1.54, 1.807) is 0 Å². The van der Waals surface area contributed by atoms with Crippen LogP contribution < -0.4 is 5.32 Å². The molecule has 28 heavy (non-hydrogen) atoms. The number of benzene rings is 1. The zero-order valence-electron chi connectivity index (χ0n) is 17.5. The third-order valence-electron chi connectivity index (χ3n) is 5.10. The fraction of sp³-hybridized carbons (Fsp3) is 0.478. The molecule has 3 rings (SSSR count). The normalized spacial score (nSPS) is 17.8. The number of rotatable bonds is 4. The summed E-state index contributed by atoms with van der Waals surface area (Å²) < 4.78 is 5.68. The highest BCUT2D eigenvalue weighted by Crippen LogP contribution is 2.25. The van der Waals surface area contributed by atoms with Gasteiger partial charge in [0.2, 0.25) is 0 Å². The molecule has 1 amide bonds. The van der Waals surface area contributed by atoms with Gasteiger partial charge in [0, 0.05) is 25.3 Å². The van der Waals surface area contributed by atoms with Crippen LogP contribution in [0, 0.1) is 6.92 Å². The molecule has 1 N–H and O–H groups in total. The molecule has 0 unspecified atom stereocenters. The Bertz CT molecular complexity index is 829. The molecule has 1 aliphatic rings. The fourth-order valence-corrected chi connectivity index (χ4v) is 3.66. The number of carbonyl (C=O) groups excluding carboxylic acids is 1. The summed E-state index contributed by atoms with van der Waals surface area (Å²) in [5.41, 5.74) is 4.20. The van der Waals surface area contributed by atoms with Gasteiger partial charge < -0.3 is 10.1 Å². The highest BCUT2D eigenvalue weighted by Gasteiger charge is 2.32. The number of carbonyl (C=O) groups is 1. The smallest absolute Gasteiger partial charge is 0.410 e. The Balaban J connectivity index is 1.75. The fourth-order valence-electron chi connectivity index (χ4n) is 3.66.